The number of hydrogen-bond donors (Lipinski definition) is 0. The van der Waals surface area contributed by atoms with E-state index < -0.39 is 0 Å². The van der Waals surface area contributed by atoms with E-state index in [9.17, 15) is 4.79 Å². The maximum Gasteiger partial charge on any atom is 0.338 e. The van der Waals surface area contributed by atoms with E-state index in [1.165, 1.54) is 16.8 Å². The smallest absolute Gasteiger partial charge is 0.338 e. The highest BCUT2D eigenvalue weighted by Gasteiger charge is 2.18. The molecule has 6 heteroatoms. The third-order valence-corrected chi connectivity index (χ3v) is 6.70. The molecule has 4 rings (SSSR count). The van der Waals surface area contributed by atoms with Gasteiger partial charge >= 0.3 is 5.97 Å². The monoisotopic (exact) mass is 502 g/mol. The number of piperazine rings is 1. The number of benzene rings is 3. The zero-order valence-electron chi connectivity index (χ0n) is 22.0. The number of hydrogen-bond acceptors (Lipinski definition) is 6. The van der Waals surface area contributed by atoms with Crippen molar-refractivity contribution < 1.29 is 19.0 Å². The molecular weight excluding hydrogens is 464 g/mol. The zero-order valence-corrected chi connectivity index (χ0v) is 22.0. The summed E-state index contributed by atoms with van der Waals surface area (Å²) in [4.78, 5) is 16.7. The largest absolute Gasteiger partial charge is 0.494 e. The molecule has 3 aromatic rings. The molecule has 0 bridgehead atoms. The number of ether oxygens (including phenoxy) is 3. The fraction of sp³-hybridized carbons (Fsp3) is 0.387. The van der Waals surface area contributed by atoms with Gasteiger partial charge in [0.25, 0.3) is 0 Å². The van der Waals surface area contributed by atoms with Gasteiger partial charge in [-0.05, 0) is 85.8 Å². The first-order valence-electron chi connectivity index (χ1n) is 13.3. The van der Waals surface area contributed by atoms with Crippen molar-refractivity contribution in [3.63, 3.8) is 0 Å². The molecule has 0 aliphatic carbocycles. The molecular formula is C31H38N2O4. The molecule has 1 fully saturated rings. The Morgan fingerprint density at radius 3 is 1.76 bits per heavy atom. The minimum atomic E-state index is -0.268. The highest BCUT2D eigenvalue weighted by atomic mass is 16.5. The SMILES string of the molecule is CCOC(=O)c1ccc(N2CCN(c3ccc(-c4ccc(OCCCCCOC)cc4)cc3)CC2)cc1. The summed E-state index contributed by atoms with van der Waals surface area (Å²) in [5.41, 5.74) is 5.38. The molecule has 0 unspecified atom stereocenters. The summed E-state index contributed by atoms with van der Waals surface area (Å²) >= 11 is 0. The molecule has 6 nitrogen and oxygen atoms in total. The lowest BCUT2D eigenvalue weighted by atomic mass is 10.0. The van der Waals surface area contributed by atoms with Crippen molar-refractivity contribution >= 4 is 17.3 Å². The summed E-state index contributed by atoms with van der Waals surface area (Å²) in [6.07, 6.45) is 3.25. The van der Waals surface area contributed by atoms with Crippen LogP contribution in [-0.4, -0.2) is 59.1 Å². The standard InChI is InChI=1S/C31H38N2O4/c1-3-36-31(34)27-9-15-29(16-10-27)33-21-19-32(20-22-33)28-13-7-25(8-14-28)26-11-17-30(18-12-26)37-24-6-4-5-23-35-2/h7-18H,3-6,19-24H2,1-2H3. The van der Waals surface area contributed by atoms with Crippen LogP contribution < -0.4 is 14.5 Å². The number of esters is 1. The summed E-state index contributed by atoms with van der Waals surface area (Å²) in [6, 6.07) is 24.9. The number of methoxy groups -OCH3 is 1. The highest BCUT2D eigenvalue weighted by molar-refractivity contribution is 5.89. The highest BCUT2D eigenvalue weighted by Crippen LogP contribution is 2.27. The summed E-state index contributed by atoms with van der Waals surface area (Å²) in [6.45, 7) is 7.55. The van der Waals surface area contributed by atoms with Crippen molar-refractivity contribution in [2.45, 2.75) is 26.2 Å². The maximum absolute atomic E-state index is 11.9. The van der Waals surface area contributed by atoms with Gasteiger partial charge in [0.2, 0.25) is 0 Å². The number of unbranched alkanes of at least 4 members (excludes halogenated alkanes) is 2. The van der Waals surface area contributed by atoms with Crippen LogP contribution in [0.5, 0.6) is 5.75 Å². The molecule has 0 spiro atoms. The van der Waals surface area contributed by atoms with E-state index in [0.29, 0.717) is 12.2 Å². The van der Waals surface area contributed by atoms with Gasteiger partial charge in [-0.3, -0.25) is 0 Å². The van der Waals surface area contributed by atoms with Crippen molar-refractivity contribution in [2.24, 2.45) is 0 Å². The van der Waals surface area contributed by atoms with Crippen LogP contribution in [0.15, 0.2) is 72.8 Å². The van der Waals surface area contributed by atoms with Gasteiger partial charge in [-0.15, -0.1) is 0 Å². The summed E-state index contributed by atoms with van der Waals surface area (Å²) in [5, 5.41) is 0. The Balaban J connectivity index is 1.25. The van der Waals surface area contributed by atoms with Gasteiger partial charge in [0.15, 0.2) is 0 Å². The molecule has 196 valence electrons. The zero-order chi connectivity index (χ0) is 25.9. The molecule has 3 aromatic carbocycles. The molecule has 0 saturated carbocycles. The van der Waals surface area contributed by atoms with Crippen LogP contribution in [0.4, 0.5) is 11.4 Å². The first-order valence-corrected chi connectivity index (χ1v) is 13.3. The normalized spacial score (nSPS) is 13.5. The van der Waals surface area contributed by atoms with E-state index in [1.807, 2.05) is 31.2 Å². The van der Waals surface area contributed by atoms with Crippen LogP contribution >= 0.6 is 0 Å². The Kier molecular flexibility index (Phi) is 9.83. The Morgan fingerprint density at radius 2 is 1.22 bits per heavy atom. The van der Waals surface area contributed by atoms with Gasteiger partial charge in [0.05, 0.1) is 18.8 Å². The molecule has 1 aliphatic rings. The summed E-state index contributed by atoms with van der Waals surface area (Å²) in [7, 11) is 1.74. The Bertz CT molecular complexity index is 1090. The Hall–Kier alpha value is -3.51. The molecule has 1 aliphatic heterocycles. The van der Waals surface area contributed by atoms with E-state index >= 15 is 0 Å². The quantitative estimate of drug-likeness (QED) is 0.222. The number of rotatable bonds is 12. The van der Waals surface area contributed by atoms with Crippen LogP contribution in [0.3, 0.4) is 0 Å². The van der Waals surface area contributed by atoms with Crippen LogP contribution in [0.25, 0.3) is 11.1 Å². The van der Waals surface area contributed by atoms with E-state index in [4.69, 9.17) is 14.2 Å². The van der Waals surface area contributed by atoms with Crippen LogP contribution in [0.2, 0.25) is 0 Å². The predicted molar refractivity (Wildman–Crippen MR) is 150 cm³/mol. The van der Waals surface area contributed by atoms with Crippen molar-refractivity contribution in [1.29, 1.82) is 0 Å². The minimum absolute atomic E-state index is 0.268. The van der Waals surface area contributed by atoms with Gasteiger partial charge in [0, 0.05) is 51.3 Å². The molecule has 1 heterocycles. The molecule has 0 aromatic heterocycles. The number of carbonyl (C=O) groups excluding carboxylic acids is 1. The average molecular weight is 503 g/mol. The van der Waals surface area contributed by atoms with Gasteiger partial charge in [-0.2, -0.15) is 0 Å². The third kappa shape index (κ3) is 7.49. The lowest BCUT2D eigenvalue weighted by molar-refractivity contribution is 0.0526. The lowest BCUT2D eigenvalue weighted by Gasteiger charge is -2.37. The number of nitrogens with zero attached hydrogens (tertiary/aromatic N) is 2. The van der Waals surface area contributed by atoms with E-state index in [2.05, 4.69) is 58.3 Å². The summed E-state index contributed by atoms with van der Waals surface area (Å²) < 4.78 is 16.0. The van der Waals surface area contributed by atoms with Crippen LogP contribution in [0, 0.1) is 0 Å². The number of carbonyl (C=O) groups is 1. The topological polar surface area (TPSA) is 51.2 Å². The second-order valence-corrected chi connectivity index (χ2v) is 9.21. The molecule has 0 N–H and O–H groups in total. The van der Waals surface area contributed by atoms with E-state index in [1.54, 1.807) is 7.11 Å². The second kappa shape index (κ2) is 13.7. The first kappa shape index (κ1) is 26.6. The first-order chi connectivity index (χ1) is 18.2. The van der Waals surface area contributed by atoms with Gasteiger partial charge in [0.1, 0.15) is 5.75 Å². The average Bonchev–Trinajstić information content (AvgIpc) is 2.96. The molecule has 1 saturated heterocycles. The predicted octanol–water partition coefficient (Wildman–Crippen LogP) is 6.05. The summed E-state index contributed by atoms with van der Waals surface area (Å²) in [5.74, 6) is 0.650. The van der Waals surface area contributed by atoms with E-state index in [0.717, 1.165) is 70.1 Å². The van der Waals surface area contributed by atoms with Gasteiger partial charge in [-0.1, -0.05) is 24.3 Å². The fourth-order valence-corrected chi connectivity index (χ4v) is 4.57. The van der Waals surface area contributed by atoms with Crippen molar-refractivity contribution in [3.05, 3.63) is 78.4 Å². The van der Waals surface area contributed by atoms with Crippen LogP contribution in [-0.2, 0) is 9.47 Å². The van der Waals surface area contributed by atoms with Crippen LogP contribution in [0.1, 0.15) is 36.5 Å². The Morgan fingerprint density at radius 1 is 0.703 bits per heavy atom. The van der Waals surface area contributed by atoms with Crippen molar-refractivity contribution in [2.75, 3.05) is 62.9 Å². The van der Waals surface area contributed by atoms with Crippen molar-refractivity contribution in [1.82, 2.24) is 0 Å². The Labute approximate surface area is 220 Å². The minimum Gasteiger partial charge on any atom is -0.494 e. The maximum atomic E-state index is 11.9. The molecule has 0 radical (unpaired) electrons. The van der Waals surface area contributed by atoms with Gasteiger partial charge < -0.3 is 24.0 Å². The van der Waals surface area contributed by atoms with Crippen molar-refractivity contribution in [3.8, 4) is 16.9 Å². The number of anilines is 2. The third-order valence-electron chi connectivity index (χ3n) is 6.70. The molecule has 0 atom stereocenters. The fourth-order valence-electron chi connectivity index (χ4n) is 4.57. The van der Waals surface area contributed by atoms with E-state index in [-0.39, 0.29) is 5.97 Å². The van der Waals surface area contributed by atoms with Gasteiger partial charge in [-0.25, -0.2) is 4.79 Å². The molecule has 37 heavy (non-hydrogen) atoms. The second-order valence-electron chi connectivity index (χ2n) is 9.21. The lowest BCUT2D eigenvalue weighted by Crippen LogP contribution is -2.46. The molecule has 0 amide bonds.